The van der Waals surface area contributed by atoms with E-state index in [1.54, 1.807) is 4.90 Å². The number of pyridine rings is 1. The fourth-order valence-electron chi connectivity index (χ4n) is 3.43. The number of hydrogen-bond acceptors (Lipinski definition) is 5. The van der Waals surface area contributed by atoms with Gasteiger partial charge in [0.25, 0.3) is 0 Å². The Kier molecular flexibility index (Phi) is 4.91. The molecule has 1 amide bonds. The van der Waals surface area contributed by atoms with Crippen molar-refractivity contribution in [2.45, 2.75) is 58.7 Å². The molecule has 25 heavy (non-hydrogen) atoms. The Labute approximate surface area is 150 Å². The highest BCUT2D eigenvalue weighted by Crippen LogP contribution is 2.30. The number of morpholine rings is 1. The van der Waals surface area contributed by atoms with Gasteiger partial charge in [0, 0.05) is 19.0 Å². The summed E-state index contributed by atoms with van der Waals surface area (Å²) in [5.41, 5.74) is 1.72. The highest BCUT2D eigenvalue weighted by Gasteiger charge is 2.31. The van der Waals surface area contributed by atoms with Crippen molar-refractivity contribution in [3.63, 3.8) is 0 Å². The van der Waals surface area contributed by atoms with Crippen LogP contribution in [0.25, 0.3) is 0 Å². The van der Waals surface area contributed by atoms with Gasteiger partial charge in [-0.2, -0.15) is 0 Å². The Morgan fingerprint density at radius 2 is 2.08 bits per heavy atom. The number of carbonyl (C=O) groups excluding carboxylic acids is 1. The fraction of sp³-hybridized carbons (Fsp3) is 0.684. The second-order valence-electron chi connectivity index (χ2n) is 8.09. The quantitative estimate of drug-likeness (QED) is 0.781. The van der Waals surface area contributed by atoms with E-state index < -0.39 is 5.60 Å². The van der Waals surface area contributed by atoms with E-state index in [1.807, 2.05) is 20.8 Å². The third-order valence-electron chi connectivity index (χ3n) is 4.63. The number of fused-ring (bicyclic) bond motifs is 1. The topological polar surface area (TPSA) is 54.9 Å². The van der Waals surface area contributed by atoms with E-state index in [1.165, 1.54) is 0 Å². The van der Waals surface area contributed by atoms with Crippen LogP contribution >= 0.6 is 0 Å². The molecule has 0 saturated carbocycles. The predicted molar refractivity (Wildman–Crippen MR) is 96.9 cm³/mol. The first-order valence-corrected chi connectivity index (χ1v) is 9.07. The summed E-state index contributed by atoms with van der Waals surface area (Å²) in [7, 11) is 0. The van der Waals surface area contributed by atoms with Crippen LogP contribution in [0.15, 0.2) is 12.1 Å². The summed E-state index contributed by atoms with van der Waals surface area (Å²) in [5, 5.41) is 0. The molecule has 0 aromatic carbocycles. The van der Waals surface area contributed by atoms with Crippen molar-refractivity contribution in [2.24, 2.45) is 0 Å². The van der Waals surface area contributed by atoms with Crippen LogP contribution in [0.3, 0.4) is 0 Å². The average molecular weight is 347 g/mol. The lowest BCUT2D eigenvalue weighted by Crippen LogP contribution is -2.45. The van der Waals surface area contributed by atoms with Crippen LogP contribution in [-0.4, -0.2) is 53.9 Å². The molecular weight excluding hydrogens is 318 g/mol. The van der Waals surface area contributed by atoms with Gasteiger partial charge < -0.3 is 19.3 Å². The van der Waals surface area contributed by atoms with Gasteiger partial charge in [-0.1, -0.05) is 13.0 Å². The minimum absolute atomic E-state index is 0.188. The van der Waals surface area contributed by atoms with E-state index in [0.717, 1.165) is 36.8 Å². The first-order chi connectivity index (χ1) is 11.7. The Balaban J connectivity index is 1.78. The molecule has 0 spiro atoms. The lowest BCUT2D eigenvalue weighted by Gasteiger charge is -2.37. The standard InChI is InChI=1S/C19H29N3O3/c1-13-10-21(18(23)25-19(3,4)5)11-15-6-7-16(20-17(13)15)22-8-9-24-12-14(22)2/h6-7,13-14H,8-12H2,1-5H3/t13-,14+/m0/s1. The zero-order valence-electron chi connectivity index (χ0n) is 15.9. The molecule has 1 fully saturated rings. The lowest BCUT2D eigenvalue weighted by atomic mass is 9.96. The summed E-state index contributed by atoms with van der Waals surface area (Å²) in [6, 6.07) is 4.50. The second kappa shape index (κ2) is 6.83. The van der Waals surface area contributed by atoms with E-state index in [9.17, 15) is 4.79 Å². The van der Waals surface area contributed by atoms with E-state index in [-0.39, 0.29) is 12.0 Å². The third kappa shape index (κ3) is 4.06. The normalized spacial score (nSPS) is 24.0. The van der Waals surface area contributed by atoms with E-state index in [0.29, 0.717) is 19.1 Å². The molecule has 1 aromatic heterocycles. The van der Waals surface area contributed by atoms with Gasteiger partial charge in [-0.05, 0) is 39.3 Å². The Hall–Kier alpha value is -1.82. The Morgan fingerprint density at radius 3 is 2.76 bits per heavy atom. The lowest BCUT2D eigenvalue weighted by molar-refractivity contribution is 0.0207. The van der Waals surface area contributed by atoms with Crippen molar-refractivity contribution in [3.8, 4) is 0 Å². The molecule has 0 aliphatic carbocycles. The molecule has 0 unspecified atom stereocenters. The van der Waals surface area contributed by atoms with Crippen molar-refractivity contribution in [3.05, 3.63) is 23.4 Å². The van der Waals surface area contributed by atoms with Crippen LogP contribution in [0.1, 0.15) is 51.8 Å². The predicted octanol–water partition coefficient (Wildman–Crippen LogP) is 3.16. The van der Waals surface area contributed by atoms with Gasteiger partial charge in [0.05, 0.1) is 31.5 Å². The minimum atomic E-state index is -0.477. The molecule has 0 bridgehead atoms. The summed E-state index contributed by atoms with van der Waals surface area (Å²) >= 11 is 0. The molecule has 6 heteroatoms. The van der Waals surface area contributed by atoms with Crippen molar-refractivity contribution in [1.29, 1.82) is 0 Å². The number of ether oxygens (including phenoxy) is 2. The molecule has 1 aromatic rings. The first kappa shape index (κ1) is 18.0. The number of nitrogens with zero attached hydrogens (tertiary/aromatic N) is 3. The van der Waals surface area contributed by atoms with Crippen LogP contribution < -0.4 is 4.90 Å². The minimum Gasteiger partial charge on any atom is -0.444 e. The molecule has 1 saturated heterocycles. The van der Waals surface area contributed by atoms with Crippen molar-refractivity contribution >= 4 is 11.9 Å². The number of rotatable bonds is 1. The van der Waals surface area contributed by atoms with Gasteiger partial charge in [0.1, 0.15) is 11.4 Å². The van der Waals surface area contributed by atoms with Crippen molar-refractivity contribution < 1.29 is 14.3 Å². The van der Waals surface area contributed by atoms with E-state index in [2.05, 4.69) is 30.9 Å². The van der Waals surface area contributed by atoms with Crippen LogP contribution in [0.5, 0.6) is 0 Å². The highest BCUT2D eigenvalue weighted by molar-refractivity contribution is 5.69. The van der Waals surface area contributed by atoms with Crippen LogP contribution in [0.2, 0.25) is 0 Å². The van der Waals surface area contributed by atoms with Gasteiger partial charge in [0.2, 0.25) is 0 Å². The molecule has 2 atom stereocenters. The number of amides is 1. The zero-order chi connectivity index (χ0) is 18.2. The van der Waals surface area contributed by atoms with E-state index in [4.69, 9.17) is 14.5 Å². The number of aromatic nitrogens is 1. The summed E-state index contributed by atoms with van der Waals surface area (Å²) in [6.07, 6.45) is -0.254. The number of anilines is 1. The highest BCUT2D eigenvalue weighted by atomic mass is 16.6. The van der Waals surface area contributed by atoms with Gasteiger partial charge >= 0.3 is 6.09 Å². The van der Waals surface area contributed by atoms with Gasteiger partial charge in [-0.3, -0.25) is 0 Å². The van der Waals surface area contributed by atoms with Crippen molar-refractivity contribution in [1.82, 2.24) is 9.88 Å². The largest absolute Gasteiger partial charge is 0.444 e. The fourth-order valence-corrected chi connectivity index (χ4v) is 3.43. The molecule has 0 N–H and O–H groups in total. The van der Waals surface area contributed by atoms with Gasteiger partial charge in [-0.25, -0.2) is 9.78 Å². The summed E-state index contributed by atoms with van der Waals surface area (Å²) < 4.78 is 11.0. The summed E-state index contributed by atoms with van der Waals surface area (Å²) in [4.78, 5) is 21.4. The molecular formula is C19H29N3O3. The maximum atomic E-state index is 12.4. The number of hydrogen-bond donors (Lipinski definition) is 0. The number of carbonyl (C=O) groups is 1. The summed E-state index contributed by atoms with van der Waals surface area (Å²) in [5.74, 6) is 1.19. The van der Waals surface area contributed by atoms with E-state index >= 15 is 0 Å². The Morgan fingerprint density at radius 1 is 1.32 bits per heavy atom. The Bertz CT molecular complexity index is 641. The maximum absolute atomic E-state index is 12.4. The monoisotopic (exact) mass is 347 g/mol. The smallest absolute Gasteiger partial charge is 0.410 e. The van der Waals surface area contributed by atoms with Gasteiger partial charge in [0.15, 0.2) is 0 Å². The molecule has 2 aliphatic heterocycles. The van der Waals surface area contributed by atoms with Crippen LogP contribution in [0, 0.1) is 0 Å². The SMILES string of the molecule is C[C@@H]1COCCN1c1ccc2c(n1)[C@@H](C)CN(C(=O)OC(C)(C)C)C2. The molecule has 2 aliphatic rings. The van der Waals surface area contributed by atoms with Crippen molar-refractivity contribution in [2.75, 3.05) is 31.2 Å². The average Bonchev–Trinajstić information content (AvgIpc) is 2.53. The molecule has 3 rings (SSSR count). The van der Waals surface area contributed by atoms with Crippen LogP contribution in [-0.2, 0) is 16.0 Å². The summed E-state index contributed by atoms with van der Waals surface area (Å²) in [6.45, 7) is 13.5. The maximum Gasteiger partial charge on any atom is 0.410 e. The molecule has 3 heterocycles. The molecule has 6 nitrogen and oxygen atoms in total. The van der Waals surface area contributed by atoms with Crippen LogP contribution in [0.4, 0.5) is 10.6 Å². The van der Waals surface area contributed by atoms with Gasteiger partial charge in [-0.15, -0.1) is 0 Å². The first-order valence-electron chi connectivity index (χ1n) is 9.07. The molecule has 138 valence electrons. The third-order valence-corrected chi connectivity index (χ3v) is 4.63. The molecule has 0 radical (unpaired) electrons. The second-order valence-corrected chi connectivity index (χ2v) is 8.09. The zero-order valence-corrected chi connectivity index (χ0v) is 15.9.